The zero-order valence-corrected chi connectivity index (χ0v) is 13.1. The topological polar surface area (TPSA) is 70.6 Å². The largest absolute Gasteiger partial charge is 0.451 e. The molecule has 4 rings (SSSR count). The Balaban J connectivity index is 1.41. The summed E-state index contributed by atoms with van der Waals surface area (Å²) in [6, 6.07) is 0.384. The zero-order chi connectivity index (χ0) is 15.8. The molecule has 1 unspecified atom stereocenters. The van der Waals surface area contributed by atoms with Gasteiger partial charge in [0.25, 0.3) is 0 Å². The molecule has 2 amide bonds. The normalized spacial score (nSPS) is 22.5. The fourth-order valence-electron chi connectivity index (χ4n) is 3.27. The van der Waals surface area contributed by atoms with Gasteiger partial charge < -0.3 is 9.32 Å². The number of carbonyl (C=O) groups is 1. The van der Waals surface area contributed by atoms with Gasteiger partial charge in [-0.05, 0) is 6.42 Å². The van der Waals surface area contributed by atoms with E-state index in [-0.39, 0.29) is 6.03 Å². The third kappa shape index (κ3) is 2.70. The molecule has 0 radical (unpaired) electrons. The highest BCUT2D eigenvalue weighted by Gasteiger charge is 2.29. The van der Waals surface area contributed by atoms with Crippen LogP contribution in [0.4, 0.5) is 10.5 Å². The molecule has 0 aliphatic carbocycles. The molecule has 122 valence electrons. The van der Waals surface area contributed by atoms with Crippen molar-refractivity contribution in [2.75, 3.05) is 38.1 Å². The molecule has 2 aromatic rings. The van der Waals surface area contributed by atoms with Crippen LogP contribution in [0.2, 0.25) is 0 Å². The summed E-state index contributed by atoms with van der Waals surface area (Å²) < 4.78 is 7.01. The fourth-order valence-corrected chi connectivity index (χ4v) is 3.27. The molecule has 0 N–H and O–H groups in total. The van der Waals surface area contributed by atoms with Gasteiger partial charge in [0.15, 0.2) is 6.39 Å². The number of carbonyl (C=O) groups excluding carboxylic acids is 1. The van der Waals surface area contributed by atoms with Crippen molar-refractivity contribution >= 4 is 11.7 Å². The summed E-state index contributed by atoms with van der Waals surface area (Å²) in [5, 5.41) is 4.48. The molecule has 0 aromatic carbocycles. The van der Waals surface area contributed by atoms with Gasteiger partial charge in [0.2, 0.25) is 0 Å². The maximum absolute atomic E-state index is 12.1. The number of likely N-dealkylation sites (N-methyl/N-ethyl adjacent to an activating group) is 1. The minimum absolute atomic E-state index is 0.0450. The van der Waals surface area contributed by atoms with Crippen LogP contribution in [-0.2, 0) is 6.54 Å². The second-order valence-electron chi connectivity index (χ2n) is 6.19. The van der Waals surface area contributed by atoms with E-state index < -0.39 is 0 Å². The van der Waals surface area contributed by atoms with E-state index in [1.807, 2.05) is 17.9 Å². The molecule has 0 bridgehead atoms. The molecule has 0 spiro atoms. The number of nitrogens with zero attached hydrogens (tertiary/aromatic N) is 6. The van der Waals surface area contributed by atoms with Crippen molar-refractivity contribution in [2.45, 2.75) is 19.0 Å². The van der Waals surface area contributed by atoms with Crippen molar-refractivity contribution < 1.29 is 9.21 Å². The van der Waals surface area contributed by atoms with Gasteiger partial charge in [-0.15, -0.1) is 0 Å². The molecular weight excluding hydrogens is 296 g/mol. The summed E-state index contributed by atoms with van der Waals surface area (Å²) in [5.74, 6) is 0. The Morgan fingerprint density at radius 1 is 1.35 bits per heavy atom. The van der Waals surface area contributed by atoms with Gasteiger partial charge >= 0.3 is 6.03 Å². The summed E-state index contributed by atoms with van der Waals surface area (Å²) in [7, 11) is 1.82. The first-order valence-corrected chi connectivity index (χ1v) is 7.87. The smallest absolute Gasteiger partial charge is 0.324 e. The number of rotatable bonds is 4. The van der Waals surface area contributed by atoms with Gasteiger partial charge in [-0.25, -0.2) is 9.78 Å². The van der Waals surface area contributed by atoms with Crippen molar-refractivity contribution in [1.82, 2.24) is 24.6 Å². The third-order valence-electron chi connectivity index (χ3n) is 4.61. The molecule has 23 heavy (non-hydrogen) atoms. The summed E-state index contributed by atoms with van der Waals surface area (Å²) in [6.45, 7) is 4.24. The van der Waals surface area contributed by atoms with Gasteiger partial charge in [0.05, 0.1) is 23.6 Å². The van der Waals surface area contributed by atoms with Gasteiger partial charge in [0.1, 0.15) is 6.26 Å². The van der Waals surface area contributed by atoms with Crippen LogP contribution in [0, 0.1) is 0 Å². The lowest BCUT2D eigenvalue weighted by Crippen LogP contribution is -2.28. The molecule has 1 atom stereocenters. The Kier molecular flexibility index (Phi) is 3.53. The quantitative estimate of drug-likeness (QED) is 0.847. The summed E-state index contributed by atoms with van der Waals surface area (Å²) >= 11 is 0. The predicted molar refractivity (Wildman–Crippen MR) is 83.0 cm³/mol. The van der Waals surface area contributed by atoms with Crippen LogP contribution in [0.5, 0.6) is 0 Å². The lowest BCUT2D eigenvalue weighted by atomic mass is 10.3. The monoisotopic (exact) mass is 316 g/mol. The molecule has 2 aromatic heterocycles. The molecule has 2 saturated heterocycles. The minimum atomic E-state index is 0.0450. The predicted octanol–water partition coefficient (Wildman–Crippen LogP) is 1.19. The number of hydrogen-bond donors (Lipinski definition) is 0. The van der Waals surface area contributed by atoms with Crippen LogP contribution in [0.15, 0.2) is 29.5 Å². The first-order valence-electron chi connectivity index (χ1n) is 7.87. The minimum Gasteiger partial charge on any atom is -0.451 e. The number of aromatic nitrogens is 3. The molecule has 2 aliphatic rings. The van der Waals surface area contributed by atoms with E-state index in [9.17, 15) is 4.79 Å². The molecular formula is C15H20N6O2. The highest BCUT2D eigenvalue weighted by atomic mass is 16.3. The SMILES string of the molecule is CN1CCN(c2cnn(C3CCN(Cc4cocn4)C3)c2)C1=O. The van der Waals surface area contributed by atoms with Crippen LogP contribution in [0.1, 0.15) is 18.2 Å². The van der Waals surface area contributed by atoms with Crippen LogP contribution in [0.3, 0.4) is 0 Å². The van der Waals surface area contributed by atoms with Gasteiger partial charge in [0, 0.05) is 46.0 Å². The van der Waals surface area contributed by atoms with Crippen molar-refractivity contribution in [3.63, 3.8) is 0 Å². The molecule has 4 heterocycles. The lowest BCUT2D eigenvalue weighted by Gasteiger charge is -2.15. The Hall–Kier alpha value is -2.35. The second kappa shape index (κ2) is 5.69. The molecule has 8 heteroatoms. The number of hydrogen-bond acceptors (Lipinski definition) is 5. The van der Waals surface area contributed by atoms with Gasteiger partial charge in [-0.1, -0.05) is 0 Å². The van der Waals surface area contributed by atoms with Gasteiger partial charge in [-0.2, -0.15) is 5.10 Å². The van der Waals surface area contributed by atoms with Crippen LogP contribution in [0.25, 0.3) is 0 Å². The van der Waals surface area contributed by atoms with Crippen molar-refractivity contribution in [3.8, 4) is 0 Å². The molecule has 2 aliphatic heterocycles. The number of likely N-dealkylation sites (tertiary alicyclic amines) is 1. The van der Waals surface area contributed by atoms with Crippen molar-refractivity contribution in [1.29, 1.82) is 0 Å². The van der Waals surface area contributed by atoms with Crippen LogP contribution >= 0.6 is 0 Å². The lowest BCUT2D eigenvalue weighted by molar-refractivity contribution is 0.229. The van der Waals surface area contributed by atoms with Crippen LogP contribution < -0.4 is 4.90 Å². The maximum atomic E-state index is 12.1. The van der Waals surface area contributed by atoms with E-state index in [2.05, 4.69) is 15.0 Å². The summed E-state index contributed by atoms with van der Waals surface area (Å²) in [4.78, 5) is 22.1. The van der Waals surface area contributed by atoms with E-state index in [1.165, 1.54) is 6.39 Å². The highest BCUT2D eigenvalue weighted by Crippen LogP contribution is 2.25. The van der Waals surface area contributed by atoms with Gasteiger partial charge in [-0.3, -0.25) is 14.5 Å². The fraction of sp³-hybridized carbons (Fsp3) is 0.533. The average Bonchev–Trinajstić information content (AvgIpc) is 3.30. The number of urea groups is 1. The highest BCUT2D eigenvalue weighted by molar-refractivity contribution is 5.93. The van der Waals surface area contributed by atoms with E-state index in [4.69, 9.17) is 4.42 Å². The molecule has 0 saturated carbocycles. The Morgan fingerprint density at radius 2 is 2.26 bits per heavy atom. The second-order valence-corrected chi connectivity index (χ2v) is 6.19. The Morgan fingerprint density at radius 3 is 3.00 bits per heavy atom. The standard InChI is InChI=1S/C15H20N6O2/c1-18-4-5-20(15(18)22)14-6-17-21(9-14)13-2-3-19(8-13)7-12-10-23-11-16-12/h6,9-11,13H,2-5,7-8H2,1H3. The van der Waals surface area contributed by atoms with E-state index >= 15 is 0 Å². The van der Waals surface area contributed by atoms with E-state index in [0.717, 1.165) is 50.5 Å². The maximum Gasteiger partial charge on any atom is 0.324 e. The van der Waals surface area contributed by atoms with E-state index in [0.29, 0.717) is 6.04 Å². The Bertz CT molecular complexity index is 682. The zero-order valence-electron chi connectivity index (χ0n) is 13.1. The first kappa shape index (κ1) is 14.3. The number of amides is 2. The van der Waals surface area contributed by atoms with Crippen molar-refractivity contribution in [3.05, 3.63) is 30.7 Å². The average molecular weight is 316 g/mol. The molecule has 8 nitrogen and oxygen atoms in total. The third-order valence-corrected chi connectivity index (χ3v) is 4.61. The Labute approximate surface area is 134 Å². The van der Waals surface area contributed by atoms with Crippen LogP contribution in [-0.4, -0.2) is 63.8 Å². The summed E-state index contributed by atoms with van der Waals surface area (Å²) in [6.07, 6.45) is 7.98. The first-order chi connectivity index (χ1) is 11.2. The summed E-state index contributed by atoms with van der Waals surface area (Å²) in [5.41, 5.74) is 1.84. The molecule has 2 fully saturated rings. The number of anilines is 1. The number of oxazole rings is 1. The van der Waals surface area contributed by atoms with Crippen molar-refractivity contribution in [2.24, 2.45) is 0 Å². The van der Waals surface area contributed by atoms with E-state index in [1.54, 1.807) is 22.3 Å².